The Morgan fingerprint density at radius 1 is 0.969 bits per heavy atom. The van der Waals surface area contributed by atoms with Crippen LogP contribution in [0.3, 0.4) is 0 Å². The molecule has 0 atom stereocenters. The lowest BCUT2D eigenvalue weighted by atomic mass is 10.1. The molecule has 0 aliphatic rings. The van der Waals surface area contributed by atoms with Gasteiger partial charge in [-0.3, -0.25) is 9.52 Å². The van der Waals surface area contributed by atoms with Crippen molar-refractivity contribution in [3.05, 3.63) is 88.3 Å². The van der Waals surface area contributed by atoms with Gasteiger partial charge in [-0.25, -0.2) is 13.2 Å². The van der Waals surface area contributed by atoms with Gasteiger partial charge in [0.2, 0.25) is 0 Å². The second-order valence-corrected chi connectivity index (χ2v) is 8.61. The Labute approximate surface area is 183 Å². The average Bonchev–Trinajstić information content (AvgIpc) is 3.17. The first-order valence-corrected chi connectivity index (χ1v) is 11.1. The number of carbonyl (C=O) groups excluding carboxylic acids is 1. The lowest BCUT2D eigenvalue weighted by Crippen LogP contribution is -2.25. The molecule has 0 saturated heterocycles. The number of aromatic nitrogens is 2. The summed E-state index contributed by atoms with van der Waals surface area (Å²) in [5.74, 6) is 0.194. The lowest BCUT2D eigenvalue weighted by Gasteiger charge is -2.14. The highest BCUT2D eigenvalue weighted by Crippen LogP contribution is 2.22. The van der Waals surface area contributed by atoms with E-state index in [0.717, 1.165) is 5.56 Å². The standard InChI is InChI=1S/C22H20N4O5S/c1-31-20-9-5-2-6-14(20)13-23-21(27)16-7-3-4-8-17(16)26-32(29,30)15-10-11-18-19(12-15)25-22(28)24-18/h2-12,26H,13H2,1H3,(H,23,27)(H2,24,25,28). The van der Waals surface area contributed by atoms with Gasteiger partial charge in [-0.15, -0.1) is 0 Å². The number of hydrogen-bond donors (Lipinski definition) is 4. The average molecular weight is 452 g/mol. The predicted octanol–water partition coefficient (Wildman–Crippen LogP) is 2.60. The van der Waals surface area contributed by atoms with E-state index in [0.29, 0.717) is 16.8 Å². The molecule has 9 nitrogen and oxygen atoms in total. The summed E-state index contributed by atoms with van der Waals surface area (Å²) in [5.41, 5.74) is 1.51. The number of methoxy groups -OCH3 is 1. The molecule has 0 unspecified atom stereocenters. The number of anilines is 1. The fraction of sp³-hybridized carbons (Fsp3) is 0.0909. The van der Waals surface area contributed by atoms with Gasteiger partial charge in [-0.2, -0.15) is 0 Å². The van der Waals surface area contributed by atoms with Gasteiger partial charge in [0.05, 0.1) is 34.3 Å². The zero-order valence-electron chi connectivity index (χ0n) is 17.0. The van der Waals surface area contributed by atoms with Crippen LogP contribution in [0.4, 0.5) is 5.69 Å². The van der Waals surface area contributed by atoms with Crippen LogP contribution in [0.2, 0.25) is 0 Å². The van der Waals surface area contributed by atoms with Crippen LogP contribution in [0.1, 0.15) is 15.9 Å². The minimum Gasteiger partial charge on any atom is -0.496 e. The molecule has 32 heavy (non-hydrogen) atoms. The van der Waals surface area contributed by atoms with Crippen LogP contribution in [0, 0.1) is 0 Å². The minimum atomic E-state index is -4.02. The summed E-state index contributed by atoms with van der Waals surface area (Å²) < 4.78 is 33.6. The molecule has 0 aliphatic carbocycles. The van der Waals surface area contributed by atoms with Crippen LogP contribution in [-0.4, -0.2) is 31.4 Å². The molecule has 1 aromatic heterocycles. The van der Waals surface area contributed by atoms with Gasteiger partial charge in [0.15, 0.2) is 0 Å². The largest absolute Gasteiger partial charge is 0.496 e. The van der Waals surface area contributed by atoms with Gasteiger partial charge in [0.25, 0.3) is 15.9 Å². The predicted molar refractivity (Wildman–Crippen MR) is 120 cm³/mol. The van der Waals surface area contributed by atoms with Gasteiger partial charge in [0, 0.05) is 12.1 Å². The van der Waals surface area contributed by atoms with Crippen molar-refractivity contribution < 1.29 is 17.9 Å². The molecule has 0 bridgehead atoms. The number of para-hydroxylation sites is 2. The molecule has 0 aliphatic heterocycles. The van der Waals surface area contributed by atoms with E-state index in [9.17, 15) is 18.0 Å². The third-order valence-electron chi connectivity index (χ3n) is 4.85. The highest BCUT2D eigenvalue weighted by atomic mass is 32.2. The van der Waals surface area contributed by atoms with E-state index in [1.807, 2.05) is 18.2 Å². The topological polar surface area (TPSA) is 133 Å². The van der Waals surface area contributed by atoms with Crippen LogP contribution >= 0.6 is 0 Å². The monoisotopic (exact) mass is 452 g/mol. The first kappa shape index (κ1) is 21.2. The van der Waals surface area contributed by atoms with Crippen LogP contribution in [0.25, 0.3) is 11.0 Å². The van der Waals surface area contributed by atoms with Crippen LogP contribution in [0.5, 0.6) is 5.75 Å². The summed E-state index contributed by atoms with van der Waals surface area (Å²) in [6.07, 6.45) is 0. The van der Waals surface area contributed by atoms with E-state index in [2.05, 4.69) is 20.0 Å². The van der Waals surface area contributed by atoms with Gasteiger partial charge in [-0.05, 0) is 36.4 Å². The molecule has 1 heterocycles. The van der Waals surface area contributed by atoms with Crippen molar-refractivity contribution in [3.8, 4) is 5.75 Å². The number of hydrogen-bond acceptors (Lipinski definition) is 5. The highest BCUT2D eigenvalue weighted by Gasteiger charge is 2.19. The second-order valence-electron chi connectivity index (χ2n) is 6.93. The van der Waals surface area contributed by atoms with Gasteiger partial charge < -0.3 is 20.0 Å². The van der Waals surface area contributed by atoms with Gasteiger partial charge in [-0.1, -0.05) is 30.3 Å². The van der Waals surface area contributed by atoms with Crippen LogP contribution in [0.15, 0.2) is 76.4 Å². The number of carbonyl (C=O) groups is 1. The Bertz CT molecular complexity index is 1460. The van der Waals surface area contributed by atoms with E-state index in [1.54, 1.807) is 25.3 Å². The molecule has 4 rings (SSSR count). The van der Waals surface area contributed by atoms with E-state index in [4.69, 9.17) is 4.74 Å². The fourth-order valence-corrected chi connectivity index (χ4v) is 4.38. The summed E-state index contributed by atoms with van der Waals surface area (Å²) in [6, 6.07) is 17.8. The normalized spacial score (nSPS) is 11.3. The summed E-state index contributed by atoms with van der Waals surface area (Å²) in [4.78, 5) is 29.3. The van der Waals surface area contributed by atoms with Crippen molar-refractivity contribution in [2.75, 3.05) is 11.8 Å². The van der Waals surface area contributed by atoms with E-state index < -0.39 is 21.6 Å². The fourth-order valence-electron chi connectivity index (χ4n) is 3.27. The van der Waals surface area contributed by atoms with Crippen molar-refractivity contribution in [1.82, 2.24) is 15.3 Å². The first-order chi connectivity index (χ1) is 15.4. The number of amides is 1. The molecule has 164 valence electrons. The molecule has 1 amide bonds. The minimum absolute atomic E-state index is 0.0514. The summed E-state index contributed by atoms with van der Waals surface area (Å²) in [6.45, 7) is 0.210. The molecule has 4 aromatic rings. The SMILES string of the molecule is COc1ccccc1CNC(=O)c1ccccc1NS(=O)(=O)c1ccc2[nH]c(=O)[nH]c2c1. The number of H-pyrrole nitrogens is 2. The third kappa shape index (κ3) is 4.35. The molecule has 3 aromatic carbocycles. The Hall–Kier alpha value is -4.05. The Balaban J connectivity index is 1.57. The molecule has 0 saturated carbocycles. The van der Waals surface area contributed by atoms with Crippen LogP contribution < -0.4 is 20.5 Å². The number of ether oxygens (including phenoxy) is 1. The number of benzene rings is 3. The number of nitrogens with one attached hydrogen (secondary N) is 4. The maximum absolute atomic E-state index is 12.9. The summed E-state index contributed by atoms with van der Waals surface area (Å²) in [7, 11) is -2.47. The number of sulfonamides is 1. The van der Waals surface area contributed by atoms with E-state index in [-0.39, 0.29) is 22.7 Å². The highest BCUT2D eigenvalue weighted by molar-refractivity contribution is 7.92. The molecule has 0 spiro atoms. The first-order valence-electron chi connectivity index (χ1n) is 9.61. The van der Waals surface area contributed by atoms with Crippen LogP contribution in [-0.2, 0) is 16.6 Å². The maximum Gasteiger partial charge on any atom is 0.323 e. The maximum atomic E-state index is 12.9. The zero-order chi connectivity index (χ0) is 22.7. The molecule has 0 fully saturated rings. The second kappa shape index (κ2) is 8.60. The molecular formula is C22H20N4O5S. The van der Waals surface area contributed by atoms with E-state index in [1.165, 1.54) is 30.3 Å². The number of aromatic amines is 2. The van der Waals surface area contributed by atoms with Crippen molar-refractivity contribution in [1.29, 1.82) is 0 Å². The van der Waals surface area contributed by atoms with E-state index >= 15 is 0 Å². The smallest absolute Gasteiger partial charge is 0.323 e. The van der Waals surface area contributed by atoms with Gasteiger partial charge in [0.1, 0.15) is 5.75 Å². The molecule has 0 radical (unpaired) electrons. The van der Waals surface area contributed by atoms with Crippen molar-refractivity contribution in [2.24, 2.45) is 0 Å². The lowest BCUT2D eigenvalue weighted by molar-refractivity contribution is 0.0951. The molecule has 10 heteroatoms. The van der Waals surface area contributed by atoms with Crippen molar-refractivity contribution >= 4 is 32.7 Å². The summed E-state index contributed by atoms with van der Waals surface area (Å²) >= 11 is 0. The Morgan fingerprint density at radius 3 is 2.50 bits per heavy atom. The summed E-state index contributed by atoms with van der Waals surface area (Å²) in [5, 5.41) is 2.79. The number of rotatable bonds is 7. The van der Waals surface area contributed by atoms with Gasteiger partial charge >= 0.3 is 5.69 Å². The quantitative estimate of drug-likeness (QED) is 0.342. The Kier molecular flexibility index (Phi) is 5.69. The van der Waals surface area contributed by atoms with Crippen molar-refractivity contribution in [2.45, 2.75) is 11.4 Å². The zero-order valence-corrected chi connectivity index (χ0v) is 17.8. The third-order valence-corrected chi connectivity index (χ3v) is 6.21. The van der Waals surface area contributed by atoms with Crippen molar-refractivity contribution in [3.63, 3.8) is 0 Å². The number of imidazole rings is 1. The Morgan fingerprint density at radius 2 is 1.69 bits per heavy atom. The molecule has 4 N–H and O–H groups in total. The number of fused-ring (bicyclic) bond motifs is 1. The molecular weight excluding hydrogens is 432 g/mol.